The van der Waals surface area contributed by atoms with Crippen molar-refractivity contribution in [1.29, 1.82) is 0 Å². The highest BCUT2D eigenvalue weighted by atomic mass is 35.5. The lowest BCUT2D eigenvalue weighted by Crippen LogP contribution is -2.12. The second kappa shape index (κ2) is 7.97. The van der Waals surface area contributed by atoms with Gasteiger partial charge in [0.25, 0.3) is 0 Å². The Balaban J connectivity index is 1.65. The predicted molar refractivity (Wildman–Crippen MR) is 114 cm³/mol. The molecule has 0 radical (unpaired) electrons. The molecule has 0 aliphatic heterocycles. The van der Waals surface area contributed by atoms with Gasteiger partial charge in [0.05, 0.1) is 10.6 Å². The Bertz CT molecular complexity index is 1180. The van der Waals surface area contributed by atoms with Gasteiger partial charge in [-0.15, -0.1) is 0 Å². The maximum Gasteiger partial charge on any atom is 0.417 e. The van der Waals surface area contributed by atoms with E-state index in [4.69, 9.17) is 11.6 Å². The Labute approximate surface area is 182 Å². The second-order valence-electron chi connectivity index (χ2n) is 7.75. The molecule has 2 nitrogen and oxygen atoms in total. The summed E-state index contributed by atoms with van der Waals surface area (Å²) in [6.45, 7) is 1.49. The molecule has 0 bridgehead atoms. The number of carbonyl (C=O) groups is 2. The first kappa shape index (κ1) is 21.3. The van der Waals surface area contributed by atoms with Gasteiger partial charge in [-0.3, -0.25) is 9.59 Å². The van der Waals surface area contributed by atoms with E-state index in [1.165, 1.54) is 13.0 Å². The van der Waals surface area contributed by atoms with Crippen molar-refractivity contribution < 1.29 is 22.8 Å². The fourth-order valence-corrected chi connectivity index (χ4v) is 4.33. The number of alkyl halides is 3. The van der Waals surface area contributed by atoms with Crippen molar-refractivity contribution in [3.63, 3.8) is 0 Å². The highest BCUT2D eigenvalue weighted by Gasteiger charge is 2.35. The van der Waals surface area contributed by atoms with E-state index >= 15 is 0 Å². The van der Waals surface area contributed by atoms with Crippen molar-refractivity contribution in [1.82, 2.24) is 0 Å². The maximum absolute atomic E-state index is 13.3. The lowest BCUT2D eigenvalue weighted by Gasteiger charge is -2.13. The number of Topliss-reactive ketones (excluding diaryl/α,β-unsaturated/α-hetero) is 2. The summed E-state index contributed by atoms with van der Waals surface area (Å²) in [7, 11) is 0. The number of hydrogen-bond acceptors (Lipinski definition) is 2. The summed E-state index contributed by atoms with van der Waals surface area (Å²) in [6, 6.07) is 16.1. The van der Waals surface area contributed by atoms with Gasteiger partial charge in [-0.1, -0.05) is 60.1 Å². The van der Waals surface area contributed by atoms with Gasteiger partial charge in [-0.25, -0.2) is 0 Å². The maximum atomic E-state index is 13.3. The van der Waals surface area contributed by atoms with Crippen molar-refractivity contribution in [3.8, 4) is 11.1 Å². The minimum atomic E-state index is -4.56. The molecule has 0 heterocycles. The molecule has 1 unspecified atom stereocenters. The van der Waals surface area contributed by atoms with Gasteiger partial charge in [0.1, 0.15) is 0 Å². The molecule has 0 saturated heterocycles. The van der Waals surface area contributed by atoms with Crippen LogP contribution in [0.15, 0.2) is 60.7 Å². The third kappa shape index (κ3) is 4.15. The second-order valence-corrected chi connectivity index (χ2v) is 8.15. The Morgan fingerprint density at radius 1 is 1.03 bits per heavy atom. The summed E-state index contributed by atoms with van der Waals surface area (Å²) in [6.07, 6.45) is -3.61. The van der Waals surface area contributed by atoms with Gasteiger partial charge >= 0.3 is 6.18 Å². The van der Waals surface area contributed by atoms with Gasteiger partial charge in [0.15, 0.2) is 11.6 Å². The highest BCUT2D eigenvalue weighted by Crippen LogP contribution is 2.40. The van der Waals surface area contributed by atoms with Crippen LogP contribution in [0.5, 0.6) is 0 Å². The van der Waals surface area contributed by atoms with Crippen LogP contribution in [0.25, 0.3) is 11.1 Å². The van der Waals surface area contributed by atoms with Crippen molar-refractivity contribution in [2.45, 2.75) is 25.9 Å². The van der Waals surface area contributed by atoms with E-state index in [0.717, 1.165) is 17.2 Å². The number of fused-ring (bicyclic) bond motifs is 1. The fourth-order valence-electron chi connectivity index (χ4n) is 4.10. The van der Waals surface area contributed by atoms with Crippen LogP contribution in [0.3, 0.4) is 0 Å². The number of hydrogen-bond donors (Lipinski definition) is 0. The van der Waals surface area contributed by atoms with Crippen molar-refractivity contribution >= 4 is 23.2 Å². The first-order chi connectivity index (χ1) is 14.6. The van der Waals surface area contributed by atoms with E-state index in [2.05, 4.69) is 0 Å². The molecule has 3 aromatic rings. The first-order valence-electron chi connectivity index (χ1n) is 9.78. The van der Waals surface area contributed by atoms with E-state index < -0.39 is 11.7 Å². The molecule has 1 aliphatic rings. The third-order valence-electron chi connectivity index (χ3n) is 5.69. The van der Waals surface area contributed by atoms with Crippen molar-refractivity contribution in [3.05, 3.63) is 93.5 Å². The smallest absolute Gasteiger partial charge is 0.295 e. The normalized spacial score (nSPS) is 15.8. The first-order valence-corrected chi connectivity index (χ1v) is 10.2. The van der Waals surface area contributed by atoms with Crippen LogP contribution >= 0.6 is 11.6 Å². The monoisotopic (exact) mass is 442 g/mol. The topological polar surface area (TPSA) is 34.1 Å². The van der Waals surface area contributed by atoms with Gasteiger partial charge in [0, 0.05) is 17.0 Å². The molecule has 4 rings (SSSR count). The Hall–Kier alpha value is -2.92. The number of halogens is 4. The lowest BCUT2D eigenvalue weighted by molar-refractivity contribution is -0.137. The summed E-state index contributed by atoms with van der Waals surface area (Å²) in [5, 5.41) is -0.355. The average molecular weight is 443 g/mol. The van der Waals surface area contributed by atoms with E-state index in [1.54, 1.807) is 36.4 Å². The molecule has 0 amide bonds. The number of rotatable bonds is 4. The summed E-state index contributed by atoms with van der Waals surface area (Å²) >= 11 is 5.76. The fraction of sp³-hybridized carbons (Fsp3) is 0.200. The summed E-state index contributed by atoms with van der Waals surface area (Å²) in [5.74, 6) is -0.340. The van der Waals surface area contributed by atoms with Crippen LogP contribution in [0.2, 0.25) is 5.02 Å². The van der Waals surface area contributed by atoms with Crippen LogP contribution in [0.4, 0.5) is 13.2 Å². The van der Waals surface area contributed by atoms with Crippen molar-refractivity contribution in [2.24, 2.45) is 5.92 Å². The zero-order valence-electron chi connectivity index (χ0n) is 16.6. The molecular formula is C25H18ClF3O2. The van der Waals surface area contributed by atoms with Gasteiger partial charge < -0.3 is 0 Å². The van der Waals surface area contributed by atoms with Gasteiger partial charge in [0.2, 0.25) is 0 Å². The van der Waals surface area contributed by atoms with Crippen LogP contribution in [-0.4, -0.2) is 11.6 Å². The molecule has 0 spiro atoms. The zero-order valence-corrected chi connectivity index (χ0v) is 17.3. The van der Waals surface area contributed by atoms with Gasteiger partial charge in [-0.2, -0.15) is 13.2 Å². The van der Waals surface area contributed by atoms with E-state index in [-0.39, 0.29) is 22.5 Å². The predicted octanol–water partition coefficient (Wildman–Crippen LogP) is 6.83. The summed E-state index contributed by atoms with van der Waals surface area (Å²) in [5.41, 5.74) is 2.95. The van der Waals surface area contributed by atoms with Crippen molar-refractivity contribution in [2.75, 3.05) is 0 Å². The SMILES string of the molecule is CC(=O)c1ccc(CC2Cc3c(cccc3-c3ccc(Cl)c(C(F)(F)F)c3)C2=O)cc1. The quantitative estimate of drug-likeness (QED) is 0.415. The molecule has 1 atom stereocenters. The molecule has 0 saturated carbocycles. The molecule has 0 aromatic heterocycles. The average Bonchev–Trinajstić information content (AvgIpc) is 3.04. The standard InChI is InChI=1S/C25H18ClF3O2/c1-14(30)16-7-5-15(6-8-16)11-18-12-21-19(3-2-4-20(21)24(18)31)17-9-10-23(26)22(13-17)25(27,28)29/h2-10,13,18H,11-12H2,1H3. The third-order valence-corrected chi connectivity index (χ3v) is 6.02. The van der Waals surface area contributed by atoms with E-state index in [1.807, 2.05) is 12.1 Å². The van der Waals surface area contributed by atoms with E-state index in [0.29, 0.717) is 35.1 Å². The minimum absolute atomic E-state index is 0.0162. The van der Waals surface area contributed by atoms with Gasteiger partial charge in [-0.05, 0) is 54.2 Å². The highest BCUT2D eigenvalue weighted by molar-refractivity contribution is 6.31. The number of ketones is 2. The molecule has 3 aromatic carbocycles. The molecule has 1 aliphatic carbocycles. The summed E-state index contributed by atoms with van der Waals surface area (Å²) < 4.78 is 39.9. The largest absolute Gasteiger partial charge is 0.417 e. The molecule has 158 valence electrons. The summed E-state index contributed by atoms with van der Waals surface area (Å²) in [4.78, 5) is 24.4. The lowest BCUT2D eigenvalue weighted by atomic mass is 9.93. The minimum Gasteiger partial charge on any atom is -0.295 e. The Morgan fingerprint density at radius 2 is 1.71 bits per heavy atom. The molecule has 0 N–H and O–H groups in total. The zero-order chi connectivity index (χ0) is 22.3. The number of benzene rings is 3. The van der Waals surface area contributed by atoms with Crippen LogP contribution in [-0.2, 0) is 19.0 Å². The Morgan fingerprint density at radius 3 is 2.35 bits per heavy atom. The number of carbonyl (C=O) groups excluding carboxylic acids is 2. The van der Waals surface area contributed by atoms with Crippen LogP contribution < -0.4 is 0 Å². The molecule has 6 heteroatoms. The molecular weight excluding hydrogens is 425 g/mol. The van der Waals surface area contributed by atoms with E-state index in [9.17, 15) is 22.8 Å². The Kier molecular flexibility index (Phi) is 5.48. The molecule has 31 heavy (non-hydrogen) atoms. The molecule has 0 fully saturated rings. The van der Waals surface area contributed by atoms with Crippen LogP contribution in [0, 0.1) is 5.92 Å². The van der Waals surface area contributed by atoms with Crippen LogP contribution in [0.1, 0.15) is 44.3 Å².